The largest absolute Gasteiger partial charge is 0.297 e. The van der Waals surface area contributed by atoms with Crippen molar-refractivity contribution in [3.05, 3.63) is 23.8 Å². The minimum Gasteiger partial charge on any atom is -0.297 e. The lowest BCUT2D eigenvalue weighted by Crippen LogP contribution is -1.62. The molecule has 0 unspecified atom stereocenters. The molecular weight excluding hydrogens is 110 g/mol. The van der Waals surface area contributed by atoms with E-state index in [9.17, 15) is 0 Å². The van der Waals surface area contributed by atoms with Crippen molar-refractivity contribution in [1.82, 2.24) is 0 Å². The van der Waals surface area contributed by atoms with Crippen molar-refractivity contribution in [2.75, 3.05) is 7.05 Å². The van der Waals surface area contributed by atoms with Crippen LogP contribution in [0.4, 0.5) is 0 Å². The van der Waals surface area contributed by atoms with Gasteiger partial charge in [-0.15, -0.1) is 0 Å². The van der Waals surface area contributed by atoms with Gasteiger partial charge in [-0.2, -0.15) is 0 Å². The Morgan fingerprint density at radius 1 is 1.22 bits per heavy atom. The van der Waals surface area contributed by atoms with Crippen molar-refractivity contribution in [1.29, 1.82) is 0 Å². The van der Waals surface area contributed by atoms with Crippen molar-refractivity contribution in [2.45, 2.75) is 13.8 Å². The van der Waals surface area contributed by atoms with Gasteiger partial charge in [-0.3, -0.25) is 4.99 Å². The third-order valence-electron chi connectivity index (χ3n) is 0.776. The van der Waals surface area contributed by atoms with Gasteiger partial charge < -0.3 is 0 Å². The zero-order valence-electron chi connectivity index (χ0n) is 6.26. The van der Waals surface area contributed by atoms with Crippen molar-refractivity contribution in [3.63, 3.8) is 0 Å². The average Bonchev–Trinajstić information content (AvgIpc) is 1.80. The summed E-state index contributed by atoms with van der Waals surface area (Å²) in [5.41, 5.74) is 1.30. The van der Waals surface area contributed by atoms with E-state index < -0.39 is 0 Å². The van der Waals surface area contributed by atoms with Crippen molar-refractivity contribution in [2.24, 2.45) is 4.99 Å². The number of rotatable bonds is 2. The van der Waals surface area contributed by atoms with E-state index in [-0.39, 0.29) is 0 Å². The fourth-order valence-electron chi connectivity index (χ4n) is 0.384. The van der Waals surface area contributed by atoms with Crippen LogP contribution in [0.3, 0.4) is 0 Å². The Labute approximate surface area is 56.8 Å². The van der Waals surface area contributed by atoms with Crippen LogP contribution < -0.4 is 0 Å². The molecule has 0 aliphatic heterocycles. The first kappa shape index (κ1) is 8.15. The fourth-order valence-corrected chi connectivity index (χ4v) is 0.384. The molecule has 0 aromatic rings. The summed E-state index contributed by atoms with van der Waals surface area (Å²) in [7, 11) is 1.76. The number of aliphatic imine (C=N–C) groups is 1. The van der Waals surface area contributed by atoms with Gasteiger partial charge in [0.25, 0.3) is 0 Å². The number of hydrogen-bond acceptors (Lipinski definition) is 1. The second-order valence-corrected chi connectivity index (χ2v) is 2.04. The van der Waals surface area contributed by atoms with E-state index in [2.05, 4.69) is 18.8 Å². The fraction of sp³-hybridized carbons (Fsp3) is 0.375. The summed E-state index contributed by atoms with van der Waals surface area (Å²) >= 11 is 0. The molecule has 0 N–H and O–H groups in total. The van der Waals surface area contributed by atoms with Gasteiger partial charge in [-0.25, -0.2) is 0 Å². The van der Waals surface area contributed by atoms with Crippen molar-refractivity contribution >= 4 is 6.21 Å². The molecule has 0 aliphatic carbocycles. The number of hydrogen-bond donors (Lipinski definition) is 0. The Balaban J connectivity index is 3.60. The molecule has 0 radical (unpaired) electrons. The molecule has 1 heteroatoms. The Kier molecular flexibility index (Phi) is 4.79. The molecule has 0 saturated carbocycles. The second-order valence-electron chi connectivity index (χ2n) is 2.04. The van der Waals surface area contributed by atoms with Crippen LogP contribution in [0.1, 0.15) is 13.8 Å². The van der Waals surface area contributed by atoms with Crippen LogP contribution in [0.25, 0.3) is 0 Å². The Morgan fingerprint density at radius 2 is 1.89 bits per heavy atom. The quantitative estimate of drug-likeness (QED) is 0.394. The van der Waals surface area contributed by atoms with E-state index in [0.29, 0.717) is 0 Å². The van der Waals surface area contributed by atoms with Gasteiger partial charge >= 0.3 is 0 Å². The summed E-state index contributed by atoms with van der Waals surface area (Å²) in [6.07, 6.45) is 7.69. The predicted octanol–water partition coefficient (Wildman–Crippen LogP) is 2.21. The van der Waals surface area contributed by atoms with Crippen LogP contribution >= 0.6 is 0 Å². The molecule has 0 saturated heterocycles. The number of nitrogens with zero attached hydrogens (tertiary/aromatic N) is 1. The highest BCUT2D eigenvalue weighted by molar-refractivity contribution is 5.71. The van der Waals surface area contributed by atoms with Gasteiger partial charge in [0.05, 0.1) is 0 Å². The summed E-state index contributed by atoms with van der Waals surface area (Å²) < 4.78 is 0. The zero-order valence-corrected chi connectivity index (χ0v) is 6.26. The average molecular weight is 123 g/mol. The van der Waals surface area contributed by atoms with Crippen LogP contribution in [0.5, 0.6) is 0 Å². The third-order valence-corrected chi connectivity index (χ3v) is 0.776. The maximum absolute atomic E-state index is 3.79. The van der Waals surface area contributed by atoms with Gasteiger partial charge in [0.1, 0.15) is 0 Å². The van der Waals surface area contributed by atoms with Crippen LogP contribution in [-0.4, -0.2) is 13.3 Å². The third kappa shape index (κ3) is 7.15. The summed E-state index contributed by atoms with van der Waals surface area (Å²) in [4.78, 5) is 3.79. The van der Waals surface area contributed by atoms with Gasteiger partial charge in [0.15, 0.2) is 0 Å². The van der Waals surface area contributed by atoms with Gasteiger partial charge in [-0.05, 0) is 19.9 Å². The molecule has 50 valence electrons. The van der Waals surface area contributed by atoms with E-state index in [1.807, 2.05) is 18.2 Å². The van der Waals surface area contributed by atoms with Crippen molar-refractivity contribution in [3.8, 4) is 0 Å². The van der Waals surface area contributed by atoms with Gasteiger partial charge in [-0.1, -0.05) is 17.7 Å². The maximum Gasteiger partial charge on any atom is 0.0277 e. The Hall–Kier alpha value is -0.850. The number of allylic oxidation sites excluding steroid dienone is 4. The molecule has 0 heterocycles. The summed E-state index contributed by atoms with van der Waals surface area (Å²) in [5.74, 6) is 0. The Morgan fingerprint density at radius 3 is 2.33 bits per heavy atom. The van der Waals surface area contributed by atoms with E-state index in [0.717, 1.165) is 0 Å². The lowest BCUT2D eigenvalue weighted by atomic mass is 10.3. The molecule has 9 heavy (non-hydrogen) atoms. The molecule has 0 spiro atoms. The highest BCUT2D eigenvalue weighted by atomic mass is 14.6. The van der Waals surface area contributed by atoms with Gasteiger partial charge in [0.2, 0.25) is 0 Å². The molecule has 1 nitrogen and oxygen atoms in total. The molecule has 0 fully saturated rings. The van der Waals surface area contributed by atoms with Gasteiger partial charge in [0, 0.05) is 13.3 Å². The van der Waals surface area contributed by atoms with Crippen LogP contribution in [0.2, 0.25) is 0 Å². The van der Waals surface area contributed by atoms with Crippen LogP contribution in [0.15, 0.2) is 28.8 Å². The molecule has 0 rings (SSSR count). The minimum atomic E-state index is 1.30. The zero-order chi connectivity index (χ0) is 7.11. The summed E-state index contributed by atoms with van der Waals surface area (Å²) in [6, 6.07) is 0. The summed E-state index contributed by atoms with van der Waals surface area (Å²) in [5, 5.41) is 0. The minimum absolute atomic E-state index is 1.30. The molecule has 0 aliphatic rings. The predicted molar refractivity (Wildman–Crippen MR) is 43.0 cm³/mol. The monoisotopic (exact) mass is 123 g/mol. The highest BCUT2D eigenvalue weighted by Crippen LogP contribution is 1.87. The first-order chi connectivity index (χ1) is 4.27. The van der Waals surface area contributed by atoms with E-state index in [1.54, 1.807) is 13.3 Å². The van der Waals surface area contributed by atoms with E-state index in [4.69, 9.17) is 0 Å². The van der Waals surface area contributed by atoms with E-state index in [1.165, 1.54) is 5.57 Å². The van der Waals surface area contributed by atoms with Crippen LogP contribution in [-0.2, 0) is 0 Å². The lowest BCUT2D eigenvalue weighted by molar-refractivity contribution is 1.39. The SMILES string of the molecule is CN=C/C=C\C=C(C)C. The molecule has 0 atom stereocenters. The van der Waals surface area contributed by atoms with E-state index >= 15 is 0 Å². The second kappa shape index (κ2) is 5.29. The van der Waals surface area contributed by atoms with Crippen LogP contribution in [0, 0.1) is 0 Å². The molecule has 0 aromatic carbocycles. The molecule has 0 bridgehead atoms. The standard InChI is InChI=1S/C8H13N/c1-8(2)6-4-5-7-9-3/h4-7H,1-3H3/b5-4-,9-7?. The highest BCUT2D eigenvalue weighted by Gasteiger charge is 1.67. The Bertz CT molecular complexity index is 137. The molecule has 0 amide bonds. The molecular formula is C8H13N. The maximum atomic E-state index is 3.79. The first-order valence-electron chi connectivity index (χ1n) is 2.99. The lowest BCUT2D eigenvalue weighted by Gasteiger charge is -1.78. The molecule has 0 aromatic heterocycles. The van der Waals surface area contributed by atoms with Crippen molar-refractivity contribution < 1.29 is 0 Å². The normalized spacial score (nSPS) is 11.0. The topological polar surface area (TPSA) is 12.4 Å². The summed E-state index contributed by atoms with van der Waals surface area (Å²) in [6.45, 7) is 4.13. The smallest absolute Gasteiger partial charge is 0.0277 e. The first-order valence-corrected chi connectivity index (χ1v) is 2.99.